The summed E-state index contributed by atoms with van der Waals surface area (Å²) in [6.45, 7) is 0. The van der Waals surface area contributed by atoms with Crippen LogP contribution in [0.2, 0.25) is 0 Å². The molecule has 0 N–H and O–H groups in total. The summed E-state index contributed by atoms with van der Waals surface area (Å²) in [7, 11) is 0. The summed E-state index contributed by atoms with van der Waals surface area (Å²) in [5.74, 6) is 0. The molecule has 1 aromatic rings. The molecule has 0 spiro atoms. The summed E-state index contributed by atoms with van der Waals surface area (Å²) in [5.41, 5.74) is 0. The van der Waals surface area contributed by atoms with Crippen LogP contribution in [0.15, 0.2) is 16.8 Å². The molecule has 1 rings (SSSR count). The molecule has 0 bridgehead atoms. The molecule has 0 saturated carbocycles. The van der Waals surface area contributed by atoms with Crippen LogP contribution in [0.5, 0.6) is 0 Å². The number of thiophene rings is 1. The topological polar surface area (TPSA) is 0 Å². The Bertz CT molecular complexity index is 111. The fourth-order valence-electron chi connectivity index (χ4n) is 0.333. The molecular formula is C4H3KS. The zero-order valence-electron chi connectivity index (χ0n) is 3.64. The molecule has 0 radical (unpaired) electrons. The molecule has 6 heavy (non-hydrogen) atoms. The van der Waals surface area contributed by atoms with Gasteiger partial charge < -0.3 is 0 Å². The molecule has 0 amide bonds. The van der Waals surface area contributed by atoms with Crippen molar-refractivity contribution in [3.63, 3.8) is 0 Å². The molecule has 0 unspecified atom stereocenters. The predicted octanol–water partition coefficient (Wildman–Crippen LogP) is 0.542. The maximum absolute atomic E-state index is 2.21. The van der Waals surface area contributed by atoms with E-state index in [0.29, 0.717) is 0 Å². The Labute approximate surface area is 75.2 Å². The molecule has 0 aliphatic carbocycles. The van der Waals surface area contributed by atoms with Crippen molar-refractivity contribution in [2.75, 3.05) is 0 Å². The average Bonchev–Trinajstić information content (AvgIpc) is 1.86. The van der Waals surface area contributed by atoms with Gasteiger partial charge in [-0.05, 0) is 0 Å². The normalized spacial score (nSPS) is 9.00. The van der Waals surface area contributed by atoms with Gasteiger partial charge in [0.2, 0.25) is 0 Å². The van der Waals surface area contributed by atoms with Crippen molar-refractivity contribution in [3.8, 4) is 0 Å². The molecule has 2 heteroatoms. The first-order chi connectivity index (χ1) is 2.89. The number of hydrogen-bond donors (Lipinski definition) is 0. The molecule has 0 atom stereocenters. The first-order valence-corrected chi connectivity index (χ1v) is 4.39. The van der Waals surface area contributed by atoms with E-state index in [4.69, 9.17) is 0 Å². The van der Waals surface area contributed by atoms with E-state index in [1.807, 2.05) is 0 Å². The van der Waals surface area contributed by atoms with Gasteiger partial charge in [-0.15, -0.1) is 0 Å². The Balaban J connectivity index is 3.05. The van der Waals surface area contributed by atoms with Crippen LogP contribution in [-0.4, -0.2) is 49.0 Å². The van der Waals surface area contributed by atoms with Crippen LogP contribution in [-0.2, 0) is 0 Å². The van der Waals surface area contributed by atoms with Gasteiger partial charge in [-0.3, -0.25) is 0 Å². The fourth-order valence-corrected chi connectivity index (χ4v) is 2.27. The minimum absolute atomic E-state index is 0.896. The second-order valence-corrected chi connectivity index (χ2v) is 3.88. The predicted molar refractivity (Wildman–Crippen MR) is 29.7 cm³/mol. The van der Waals surface area contributed by atoms with Crippen molar-refractivity contribution < 1.29 is 0 Å². The van der Waals surface area contributed by atoms with Crippen molar-refractivity contribution in [3.05, 3.63) is 16.8 Å². The van der Waals surface area contributed by atoms with Crippen LogP contribution < -0.4 is -0.342 Å². The SMILES string of the molecule is [K][c]1ccsc1. The van der Waals surface area contributed by atoms with E-state index in [0.717, 1.165) is 49.0 Å². The van der Waals surface area contributed by atoms with E-state index in [2.05, 4.69) is 16.8 Å². The zero-order chi connectivity index (χ0) is 4.41. The summed E-state index contributed by atoms with van der Waals surface area (Å²) in [6, 6.07) is 2.19. The van der Waals surface area contributed by atoms with Crippen LogP contribution in [0.25, 0.3) is 0 Å². The van der Waals surface area contributed by atoms with Gasteiger partial charge in [-0.25, -0.2) is 0 Å². The van der Waals surface area contributed by atoms with Crippen LogP contribution in [0.4, 0.5) is 0 Å². The quantitative estimate of drug-likeness (QED) is 0.441. The van der Waals surface area contributed by atoms with E-state index >= 15 is 0 Å². The first kappa shape index (κ1) is 5.47. The average molecular weight is 122 g/mol. The minimum atomic E-state index is 0.896. The van der Waals surface area contributed by atoms with Crippen LogP contribution in [0.3, 0.4) is 0 Å². The third-order valence-electron chi connectivity index (χ3n) is 0.663. The Kier molecular flexibility index (Phi) is 2.37. The van der Waals surface area contributed by atoms with Gasteiger partial charge in [-0.1, -0.05) is 0 Å². The summed E-state index contributed by atoms with van der Waals surface area (Å²) in [6.07, 6.45) is 0. The van der Waals surface area contributed by atoms with Gasteiger partial charge >= 0.3 is 76.8 Å². The standard InChI is InChI=1S/C4H3S.K/c1-2-4-5-3-1;/h1,3-4H;. The molecule has 1 heterocycles. The molecule has 0 aliphatic heterocycles. The van der Waals surface area contributed by atoms with Gasteiger partial charge in [0.15, 0.2) is 0 Å². The van der Waals surface area contributed by atoms with Gasteiger partial charge in [0.05, 0.1) is 0 Å². The Morgan fingerprint density at radius 2 is 2.50 bits per heavy atom. The van der Waals surface area contributed by atoms with Gasteiger partial charge in [0.25, 0.3) is 0 Å². The molecule has 0 aromatic carbocycles. The van der Waals surface area contributed by atoms with Gasteiger partial charge in [0.1, 0.15) is 0 Å². The maximum atomic E-state index is 2.21. The van der Waals surface area contributed by atoms with Gasteiger partial charge in [0, 0.05) is 0 Å². The summed E-state index contributed by atoms with van der Waals surface area (Å²) in [5, 5.41) is 4.33. The van der Waals surface area contributed by atoms with E-state index in [1.54, 1.807) is 11.0 Å². The van der Waals surface area contributed by atoms with E-state index < -0.39 is 0 Å². The second kappa shape index (κ2) is 2.60. The third kappa shape index (κ3) is 1.44. The third-order valence-corrected chi connectivity index (χ3v) is 3.09. The Hall–Kier alpha value is 1.34. The first-order valence-electron chi connectivity index (χ1n) is 1.88. The molecule has 0 saturated heterocycles. The van der Waals surface area contributed by atoms with E-state index in [1.165, 1.54) is 0 Å². The van der Waals surface area contributed by atoms with Crippen molar-refractivity contribution in [1.29, 1.82) is 0 Å². The van der Waals surface area contributed by atoms with Crippen molar-refractivity contribution in [1.82, 2.24) is 0 Å². The van der Waals surface area contributed by atoms with Crippen LogP contribution >= 0.6 is 11.3 Å². The van der Waals surface area contributed by atoms with Crippen molar-refractivity contribution in [2.45, 2.75) is 0 Å². The molecule has 0 nitrogen and oxygen atoms in total. The van der Waals surface area contributed by atoms with Crippen LogP contribution in [0, 0.1) is 0 Å². The fraction of sp³-hybridized carbons (Fsp3) is 0. The Morgan fingerprint density at radius 1 is 1.67 bits per heavy atom. The second-order valence-electron chi connectivity index (χ2n) is 1.30. The molecular weight excluding hydrogens is 119 g/mol. The number of hydrogen-bond acceptors (Lipinski definition) is 1. The summed E-state index contributed by atoms with van der Waals surface area (Å²) < 4.78 is 1.55. The molecule has 1 aromatic heterocycles. The van der Waals surface area contributed by atoms with Crippen molar-refractivity contribution in [2.24, 2.45) is 0 Å². The van der Waals surface area contributed by atoms with Crippen LogP contribution in [0.1, 0.15) is 0 Å². The molecule has 26 valence electrons. The zero-order valence-corrected chi connectivity index (χ0v) is 7.58. The monoisotopic (exact) mass is 122 g/mol. The van der Waals surface area contributed by atoms with Crippen molar-refractivity contribution >= 4 is 59.9 Å². The molecule has 0 fully saturated rings. The summed E-state index contributed by atoms with van der Waals surface area (Å²) >= 11 is 2.68. The summed E-state index contributed by atoms with van der Waals surface area (Å²) in [4.78, 5) is 0. The Morgan fingerprint density at radius 3 is 2.67 bits per heavy atom. The van der Waals surface area contributed by atoms with E-state index in [-0.39, 0.29) is 0 Å². The van der Waals surface area contributed by atoms with E-state index in [9.17, 15) is 0 Å². The van der Waals surface area contributed by atoms with Gasteiger partial charge in [-0.2, -0.15) is 0 Å². The molecule has 0 aliphatic rings. The number of rotatable bonds is 0.